The summed E-state index contributed by atoms with van der Waals surface area (Å²) < 4.78 is 21.0. The minimum Gasteiger partial charge on any atom is -0.443 e. The van der Waals surface area contributed by atoms with E-state index in [-0.39, 0.29) is 18.9 Å². The Morgan fingerprint density at radius 2 is 0.980 bits per heavy atom. The second-order valence-corrected chi connectivity index (χ2v) is 42.8. The second kappa shape index (κ2) is 31.2. The van der Waals surface area contributed by atoms with Gasteiger partial charge < -0.3 is 11.3 Å². The van der Waals surface area contributed by atoms with Gasteiger partial charge >= 0.3 is 257 Å². The number of unbranched alkanes of at least 4 members (excludes halogenated alkanes) is 7. The van der Waals surface area contributed by atoms with E-state index in [4.69, 9.17) is 22.7 Å². The molecule has 4 aromatic rings. The number of oxazole rings is 2. The quantitative estimate of drug-likeness (QED) is 0.0655. The minimum absolute atomic E-state index is 0. The fraction of sp³-hybridized carbons (Fsp3) is 0.643. The van der Waals surface area contributed by atoms with Crippen LogP contribution in [0.5, 0.6) is 0 Å². The van der Waals surface area contributed by atoms with E-state index in [1.165, 1.54) is 120 Å². The number of halogens is 1. The summed E-state index contributed by atoms with van der Waals surface area (Å²) in [7, 11) is 6.89. The van der Waals surface area contributed by atoms with Crippen molar-refractivity contribution in [1.82, 2.24) is 9.97 Å². The number of fused-ring (bicyclic) bond motifs is 2. The van der Waals surface area contributed by atoms with Gasteiger partial charge in [-0.05, 0) is 12.1 Å². The molecule has 0 bridgehead atoms. The molecule has 2 aromatic heterocycles. The molecule has 4 rings (SSSR count). The van der Waals surface area contributed by atoms with Crippen LogP contribution in [0.3, 0.4) is 0 Å². The Morgan fingerprint density at radius 1 is 0.580 bits per heavy atom. The second-order valence-electron chi connectivity index (χ2n) is 13.7. The van der Waals surface area contributed by atoms with Crippen LogP contribution in [-0.4, -0.2) is 45.6 Å². The van der Waals surface area contributed by atoms with Gasteiger partial charge in [-0.15, -0.1) is 0 Å². The number of benzene rings is 2. The van der Waals surface area contributed by atoms with Crippen molar-refractivity contribution in [2.45, 2.75) is 165 Å². The van der Waals surface area contributed by atoms with Crippen molar-refractivity contribution in [2.75, 3.05) is 0 Å². The van der Waals surface area contributed by atoms with Gasteiger partial charge in [-0.3, -0.25) is 0 Å². The Balaban J connectivity index is 0.000000731. The average Bonchev–Trinajstić information content (AvgIpc) is 3.81. The Bertz CT molecular complexity index is 1220. The molecule has 2 heterocycles. The van der Waals surface area contributed by atoms with Gasteiger partial charge in [-0.25, -0.2) is 4.98 Å². The summed E-state index contributed by atoms with van der Waals surface area (Å²) in [5.74, 6) is 0. The minimum atomic E-state index is -2.48. The molecule has 8 heteroatoms. The maximum atomic E-state index is 6.89. The van der Waals surface area contributed by atoms with Gasteiger partial charge in [-0.1, -0.05) is 25.5 Å². The third-order valence-corrected chi connectivity index (χ3v) is 38.2. The topological polar surface area (TPSA) is 52.1 Å². The fourth-order valence-corrected chi connectivity index (χ4v) is 34.0. The van der Waals surface area contributed by atoms with E-state index in [1.54, 1.807) is 0 Å². The van der Waals surface area contributed by atoms with E-state index in [0.29, 0.717) is 0 Å². The molecular formula is C42H72ClLiN2O2Sn2. The number of hydrogen-bond acceptors (Lipinski definition) is 4. The molecule has 4 nitrogen and oxygen atoms in total. The van der Waals surface area contributed by atoms with Crippen molar-refractivity contribution in [3.05, 3.63) is 61.8 Å². The largest absolute Gasteiger partial charge is 1.00 e. The van der Waals surface area contributed by atoms with Gasteiger partial charge in [0.2, 0.25) is 0 Å². The van der Waals surface area contributed by atoms with Crippen LogP contribution in [0.4, 0.5) is 0 Å². The summed E-state index contributed by atoms with van der Waals surface area (Å²) in [6.45, 7) is 19.5. The van der Waals surface area contributed by atoms with Crippen molar-refractivity contribution >= 4 is 70.7 Å². The molecule has 0 fully saturated rings. The van der Waals surface area contributed by atoms with Crippen LogP contribution in [-0.2, 0) is 0 Å². The summed E-state index contributed by atoms with van der Waals surface area (Å²) in [5.41, 5.74) is 3.81. The molecular weight excluding hydrogens is 844 g/mol. The number of rotatable bonds is 20. The normalized spacial score (nSPS) is 11.1. The van der Waals surface area contributed by atoms with Crippen molar-refractivity contribution < 1.29 is 27.7 Å². The van der Waals surface area contributed by atoms with Crippen molar-refractivity contribution in [1.29, 1.82) is 0 Å². The van der Waals surface area contributed by atoms with Gasteiger partial charge in [0.05, 0.1) is 0 Å². The van der Waals surface area contributed by atoms with Gasteiger partial charge in [0.15, 0.2) is 12.0 Å². The molecule has 0 saturated carbocycles. The molecule has 278 valence electrons. The molecule has 0 aliphatic rings. The SMILES string of the molecule is CCC[CH2][Sn]([CH2]CCC)([CH2]CCC)[c]1nc2ccccc2o1.CCC[CH2][Sn]([Cl])([CH2]CCC)[CH2]CCC.[CH2-]CCC.[Li+].c1ccc2ocnc2c1. The molecule has 0 N–H and O–H groups in total. The molecule has 50 heavy (non-hydrogen) atoms. The van der Waals surface area contributed by atoms with Crippen molar-refractivity contribution in [3.8, 4) is 0 Å². The Labute approximate surface area is 332 Å². The van der Waals surface area contributed by atoms with Crippen LogP contribution < -0.4 is 22.8 Å². The zero-order valence-electron chi connectivity index (χ0n) is 33.6. The van der Waals surface area contributed by atoms with E-state index >= 15 is 0 Å². The van der Waals surface area contributed by atoms with E-state index in [2.05, 4.69) is 84.6 Å². The summed E-state index contributed by atoms with van der Waals surface area (Å²) in [5, 5.41) is 0. The van der Waals surface area contributed by atoms with E-state index in [1.807, 2.05) is 24.3 Å². The maximum Gasteiger partial charge on any atom is 1.00 e. The first kappa shape index (κ1) is 49.9. The molecule has 0 radical (unpaired) electrons. The van der Waals surface area contributed by atoms with Crippen LogP contribution in [0.1, 0.15) is 138 Å². The molecule has 0 saturated heterocycles. The zero-order valence-corrected chi connectivity index (χ0v) is 40.1. The Kier molecular flexibility index (Phi) is 31.2. The standard InChI is InChI=1S/C7H5NO.C7H4NO.7C4H9.ClH.Li.2Sn/c2*1-2-4-7-6(3-1)8-5-9-7;7*1-3-4-2;;;;/h1-5H;1-4H;7*1,3-4H2,2H3;1H;;;/q;;;;;;;;-1;;+1;;+1/p-1. The van der Waals surface area contributed by atoms with Gasteiger partial charge in [0.25, 0.3) is 0 Å². The smallest absolute Gasteiger partial charge is 0.443 e. The number of nitrogens with zero attached hydrogens (tertiary/aromatic N) is 2. The first-order valence-electron chi connectivity index (χ1n) is 19.9. The van der Waals surface area contributed by atoms with Crippen LogP contribution >= 0.6 is 8.92 Å². The van der Waals surface area contributed by atoms with Crippen LogP contribution in [0, 0.1) is 6.92 Å². The molecule has 2 aromatic carbocycles. The summed E-state index contributed by atoms with van der Waals surface area (Å²) in [4.78, 5) is 8.92. The first-order valence-corrected chi connectivity index (χ1v) is 37.1. The predicted molar refractivity (Wildman–Crippen MR) is 224 cm³/mol. The average molecular weight is 917 g/mol. The van der Waals surface area contributed by atoms with E-state index in [9.17, 15) is 0 Å². The number of hydrogen-bond donors (Lipinski definition) is 0. The molecule has 0 spiro atoms. The summed E-state index contributed by atoms with van der Waals surface area (Å²) in [6.07, 6.45) is 19.8. The number of aromatic nitrogens is 2. The Hall–Kier alpha value is -0.135. The molecule has 0 unspecified atom stereocenters. The summed E-state index contributed by atoms with van der Waals surface area (Å²) in [6, 6.07) is 16.0. The van der Waals surface area contributed by atoms with Crippen LogP contribution in [0.2, 0.25) is 26.6 Å². The van der Waals surface area contributed by atoms with Gasteiger partial charge in [0.1, 0.15) is 5.52 Å². The zero-order chi connectivity index (χ0) is 36.2. The maximum absolute atomic E-state index is 6.89. The van der Waals surface area contributed by atoms with Crippen LogP contribution in [0.25, 0.3) is 22.2 Å². The molecule has 0 amide bonds. The number of para-hydroxylation sites is 4. The Morgan fingerprint density at radius 3 is 1.38 bits per heavy atom. The van der Waals surface area contributed by atoms with E-state index in [0.717, 1.165) is 28.6 Å². The molecule has 0 atom stereocenters. The van der Waals surface area contributed by atoms with Crippen molar-refractivity contribution in [2.24, 2.45) is 0 Å². The third-order valence-electron chi connectivity index (χ3n) is 9.30. The molecule has 0 aliphatic carbocycles. The molecule has 0 aliphatic heterocycles. The predicted octanol–water partition coefficient (Wildman–Crippen LogP) is 11.9. The monoisotopic (exact) mass is 918 g/mol. The fourth-order valence-electron chi connectivity index (χ4n) is 6.00. The van der Waals surface area contributed by atoms with Gasteiger partial charge in [0, 0.05) is 0 Å². The van der Waals surface area contributed by atoms with Gasteiger partial charge in [-0.2, -0.15) is 6.42 Å². The third kappa shape index (κ3) is 19.8. The van der Waals surface area contributed by atoms with Crippen molar-refractivity contribution in [3.63, 3.8) is 0 Å². The first-order chi connectivity index (χ1) is 23.8. The van der Waals surface area contributed by atoms with E-state index < -0.39 is 35.6 Å². The summed E-state index contributed by atoms with van der Waals surface area (Å²) >= 11 is -4.58. The van der Waals surface area contributed by atoms with Crippen LogP contribution in [0.15, 0.2) is 63.8 Å².